The van der Waals surface area contributed by atoms with E-state index in [9.17, 15) is 14.9 Å². The number of thioether (sulfide) groups is 1. The predicted molar refractivity (Wildman–Crippen MR) is 149 cm³/mol. The van der Waals surface area contributed by atoms with Crippen LogP contribution >= 0.6 is 23.5 Å². The zero-order valence-electron chi connectivity index (χ0n) is 20.0. The van der Waals surface area contributed by atoms with Crippen LogP contribution in [0.15, 0.2) is 117 Å². The number of carbonyl (C=O) groups excluding carboxylic acids is 1. The maximum absolute atomic E-state index is 13.6. The number of hydrogen-bond donors (Lipinski definition) is 0. The Morgan fingerprint density at radius 1 is 0.947 bits per heavy atom. The van der Waals surface area contributed by atoms with Crippen molar-refractivity contribution in [1.82, 2.24) is 14.9 Å². The number of non-ortho nitro benzene ring substituents is 1. The third kappa shape index (κ3) is 6.16. The molecule has 1 aromatic heterocycles. The topological polar surface area (TPSA) is 102 Å². The monoisotopic (exact) mass is 539 g/mol. The summed E-state index contributed by atoms with van der Waals surface area (Å²) >= 11 is 2.54. The molecule has 0 spiro atoms. The fourth-order valence-corrected chi connectivity index (χ4v) is 5.47. The number of hydrogen-bond acceptors (Lipinski definition) is 8. The fraction of sp³-hybridized carbons (Fsp3) is 0.0714. The van der Waals surface area contributed by atoms with Crippen molar-refractivity contribution in [2.75, 3.05) is 0 Å². The van der Waals surface area contributed by atoms with Crippen molar-refractivity contribution in [3.63, 3.8) is 0 Å². The van der Waals surface area contributed by atoms with Gasteiger partial charge in [0.25, 0.3) is 11.6 Å². The van der Waals surface area contributed by atoms with Gasteiger partial charge in [0.2, 0.25) is 0 Å². The Kier molecular flexibility index (Phi) is 7.91. The first kappa shape index (κ1) is 25.4. The van der Waals surface area contributed by atoms with Gasteiger partial charge < -0.3 is 0 Å². The van der Waals surface area contributed by atoms with Gasteiger partial charge >= 0.3 is 0 Å². The van der Waals surface area contributed by atoms with Gasteiger partial charge in [-0.2, -0.15) is 0 Å². The fourth-order valence-electron chi connectivity index (χ4n) is 3.71. The number of nitro groups is 1. The van der Waals surface area contributed by atoms with E-state index in [1.54, 1.807) is 35.5 Å². The highest BCUT2D eigenvalue weighted by molar-refractivity contribution is 8.18. The zero-order valence-corrected chi connectivity index (χ0v) is 21.6. The molecule has 5 rings (SSSR count). The van der Waals surface area contributed by atoms with Gasteiger partial charge in [-0.1, -0.05) is 60.7 Å². The van der Waals surface area contributed by atoms with Crippen LogP contribution in [0.3, 0.4) is 0 Å². The number of nitro benzene ring substituents is 1. The Balaban J connectivity index is 1.51. The summed E-state index contributed by atoms with van der Waals surface area (Å²) in [7, 11) is 0. The van der Waals surface area contributed by atoms with Crippen LogP contribution in [-0.2, 0) is 17.9 Å². The molecule has 0 atom stereocenters. The van der Waals surface area contributed by atoms with Crippen LogP contribution in [0.4, 0.5) is 5.69 Å². The lowest BCUT2D eigenvalue weighted by Crippen LogP contribution is -2.28. The van der Waals surface area contributed by atoms with Gasteiger partial charge in [-0.15, -0.1) is 0 Å². The number of benzene rings is 3. The van der Waals surface area contributed by atoms with Gasteiger partial charge in [-0.05, 0) is 58.4 Å². The number of carbonyl (C=O) groups is 1. The third-order valence-electron chi connectivity index (χ3n) is 5.55. The van der Waals surface area contributed by atoms with Crippen molar-refractivity contribution in [3.8, 4) is 0 Å². The first-order chi connectivity index (χ1) is 18.6. The van der Waals surface area contributed by atoms with Gasteiger partial charge in [-0.3, -0.25) is 24.8 Å². The van der Waals surface area contributed by atoms with Crippen molar-refractivity contribution in [3.05, 3.63) is 129 Å². The van der Waals surface area contributed by atoms with Crippen molar-refractivity contribution >= 4 is 46.4 Å². The Bertz CT molecular complexity index is 1510. The minimum absolute atomic E-state index is 0.0651. The van der Waals surface area contributed by atoms with Crippen molar-refractivity contribution in [2.45, 2.75) is 23.1 Å². The highest BCUT2D eigenvalue weighted by atomic mass is 32.2. The minimum Gasteiger partial charge on any atom is -0.282 e. The molecular weight excluding hydrogens is 518 g/mol. The second-order valence-corrected chi connectivity index (χ2v) is 10.2. The third-order valence-corrected chi connectivity index (χ3v) is 7.57. The summed E-state index contributed by atoms with van der Waals surface area (Å²) in [6.07, 6.45) is 4.95. The van der Waals surface area contributed by atoms with Gasteiger partial charge in [0.1, 0.15) is 0 Å². The molecule has 1 aliphatic heterocycles. The molecule has 4 aromatic rings. The molecule has 1 amide bonds. The van der Waals surface area contributed by atoms with E-state index < -0.39 is 4.92 Å². The van der Waals surface area contributed by atoms with Crippen LogP contribution in [0.1, 0.15) is 16.7 Å². The molecule has 188 valence electrons. The van der Waals surface area contributed by atoms with E-state index in [0.29, 0.717) is 38.8 Å². The normalized spacial score (nSPS) is 15.4. The Morgan fingerprint density at radius 2 is 1.63 bits per heavy atom. The van der Waals surface area contributed by atoms with Crippen LogP contribution in [0.2, 0.25) is 0 Å². The molecule has 8 nitrogen and oxygen atoms in total. The Labute approximate surface area is 227 Å². The van der Waals surface area contributed by atoms with E-state index in [-0.39, 0.29) is 11.6 Å². The summed E-state index contributed by atoms with van der Waals surface area (Å²) in [5.74, 6) is -0.205. The van der Waals surface area contributed by atoms with E-state index in [2.05, 4.69) is 9.97 Å². The van der Waals surface area contributed by atoms with Crippen LogP contribution in [0.5, 0.6) is 0 Å². The highest BCUT2D eigenvalue weighted by Crippen LogP contribution is 2.37. The van der Waals surface area contributed by atoms with Crippen molar-refractivity contribution < 1.29 is 9.72 Å². The number of amidine groups is 1. The molecule has 1 fully saturated rings. The molecule has 38 heavy (non-hydrogen) atoms. The SMILES string of the molecule is O=C1/C(=C\c2cc([N+](=O)[O-])ccc2Sc2ncccn2)SC(=NCc2ccccc2)N1Cc1ccccc1. The van der Waals surface area contributed by atoms with Gasteiger partial charge in [0, 0.05) is 29.4 Å². The van der Waals surface area contributed by atoms with Gasteiger partial charge in [0.15, 0.2) is 10.3 Å². The molecule has 0 radical (unpaired) electrons. The van der Waals surface area contributed by atoms with Gasteiger partial charge in [-0.25, -0.2) is 9.97 Å². The van der Waals surface area contributed by atoms with E-state index in [0.717, 1.165) is 11.1 Å². The second kappa shape index (κ2) is 11.8. The molecule has 0 bridgehead atoms. The minimum atomic E-state index is -0.451. The molecule has 0 unspecified atom stereocenters. The second-order valence-electron chi connectivity index (χ2n) is 8.18. The van der Waals surface area contributed by atoms with Crippen LogP contribution in [0, 0.1) is 10.1 Å². The number of aliphatic imine (C=N–C) groups is 1. The highest BCUT2D eigenvalue weighted by Gasteiger charge is 2.33. The molecule has 0 aliphatic carbocycles. The molecule has 3 aromatic carbocycles. The Morgan fingerprint density at radius 3 is 2.32 bits per heavy atom. The van der Waals surface area contributed by atoms with Crippen molar-refractivity contribution in [2.24, 2.45) is 4.99 Å². The number of nitrogens with zero attached hydrogens (tertiary/aromatic N) is 5. The summed E-state index contributed by atoms with van der Waals surface area (Å²) < 4.78 is 0. The maximum Gasteiger partial charge on any atom is 0.270 e. The quantitative estimate of drug-likeness (QED) is 0.114. The molecule has 1 aliphatic rings. The van der Waals surface area contributed by atoms with E-state index in [4.69, 9.17) is 4.99 Å². The summed E-state index contributed by atoms with van der Waals surface area (Å²) in [6, 6.07) is 25.8. The largest absolute Gasteiger partial charge is 0.282 e. The predicted octanol–water partition coefficient (Wildman–Crippen LogP) is 6.21. The standard InChI is InChI=1S/C28H21N5O3S2/c34-26-25(17-22-16-23(33(35)36)12-13-24(22)37-27-29-14-7-15-30-27)38-28(31-18-20-8-3-1-4-9-20)32(26)19-21-10-5-2-6-11-21/h1-17H,18-19H2/b25-17+,31-28?. The first-order valence-corrected chi connectivity index (χ1v) is 13.3. The first-order valence-electron chi connectivity index (χ1n) is 11.6. The lowest BCUT2D eigenvalue weighted by Gasteiger charge is -2.15. The molecular formula is C28H21N5O3S2. The summed E-state index contributed by atoms with van der Waals surface area (Å²) in [6.45, 7) is 0.796. The average Bonchev–Trinajstić information content (AvgIpc) is 3.23. The van der Waals surface area contributed by atoms with Crippen LogP contribution in [0.25, 0.3) is 6.08 Å². The van der Waals surface area contributed by atoms with Crippen molar-refractivity contribution in [1.29, 1.82) is 0 Å². The maximum atomic E-state index is 13.6. The molecule has 1 saturated heterocycles. The molecule has 0 saturated carbocycles. The molecule has 0 N–H and O–H groups in total. The zero-order chi connectivity index (χ0) is 26.3. The average molecular weight is 540 g/mol. The number of aromatic nitrogens is 2. The molecule has 2 heterocycles. The van der Waals surface area contributed by atoms with E-state index in [1.807, 2.05) is 60.7 Å². The number of rotatable bonds is 8. The lowest BCUT2D eigenvalue weighted by atomic mass is 10.1. The summed E-state index contributed by atoms with van der Waals surface area (Å²) in [5.41, 5.74) is 2.48. The Hall–Kier alpha value is -4.28. The molecule has 10 heteroatoms. The lowest BCUT2D eigenvalue weighted by molar-refractivity contribution is -0.384. The summed E-state index contributed by atoms with van der Waals surface area (Å²) in [5, 5.41) is 12.6. The smallest absolute Gasteiger partial charge is 0.270 e. The van der Waals surface area contributed by atoms with E-state index >= 15 is 0 Å². The van der Waals surface area contributed by atoms with E-state index in [1.165, 1.54) is 35.7 Å². The van der Waals surface area contributed by atoms with Gasteiger partial charge in [0.05, 0.1) is 22.9 Å². The summed E-state index contributed by atoms with van der Waals surface area (Å²) in [4.78, 5) is 40.7. The van der Waals surface area contributed by atoms with Crippen LogP contribution < -0.4 is 0 Å². The van der Waals surface area contributed by atoms with Crippen LogP contribution in [-0.4, -0.2) is 30.9 Å². The number of amides is 1.